The molecule has 1 aliphatic rings. The third-order valence-corrected chi connectivity index (χ3v) is 4.43. The smallest absolute Gasteiger partial charge is 0.0841 e. The molecule has 0 aromatic heterocycles. The number of hydrogen-bond acceptors (Lipinski definition) is 2. The van der Waals surface area contributed by atoms with Crippen molar-refractivity contribution >= 4 is 0 Å². The number of hydrogen-bond donors (Lipinski definition) is 1. The zero-order chi connectivity index (χ0) is 14.5. The zero-order valence-electron chi connectivity index (χ0n) is 13.6. The van der Waals surface area contributed by atoms with Gasteiger partial charge in [-0.3, -0.25) is 0 Å². The summed E-state index contributed by atoms with van der Waals surface area (Å²) in [6.07, 6.45) is 19.6. The Balaban J connectivity index is 1.74. The highest BCUT2D eigenvalue weighted by molar-refractivity contribution is 4.84. The zero-order valence-corrected chi connectivity index (χ0v) is 13.6. The maximum absolute atomic E-state index is 8.71. The lowest BCUT2D eigenvalue weighted by Gasteiger charge is -2.00. The average molecular weight is 284 g/mol. The predicted octanol–water partition coefficient (Wildman–Crippen LogP) is 5.23. The molecule has 2 atom stereocenters. The van der Waals surface area contributed by atoms with E-state index in [1.165, 1.54) is 83.5 Å². The van der Waals surface area contributed by atoms with Crippen LogP contribution in [0.2, 0.25) is 0 Å². The lowest BCUT2D eigenvalue weighted by Crippen LogP contribution is -1.95. The van der Waals surface area contributed by atoms with Gasteiger partial charge in [0.15, 0.2) is 0 Å². The van der Waals surface area contributed by atoms with Gasteiger partial charge in [0.05, 0.1) is 12.2 Å². The molecule has 0 radical (unpaired) electrons. The van der Waals surface area contributed by atoms with E-state index in [1.54, 1.807) is 0 Å². The maximum Gasteiger partial charge on any atom is 0.0841 e. The van der Waals surface area contributed by atoms with Crippen LogP contribution in [-0.2, 0) is 4.74 Å². The fraction of sp³-hybridized carbons (Fsp3) is 1.00. The lowest BCUT2D eigenvalue weighted by atomic mass is 10.0. The third kappa shape index (κ3) is 9.77. The van der Waals surface area contributed by atoms with Crippen molar-refractivity contribution in [1.29, 1.82) is 0 Å². The topological polar surface area (TPSA) is 32.8 Å². The monoisotopic (exact) mass is 284 g/mol. The second-order valence-corrected chi connectivity index (χ2v) is 6.40. The highest BCUT2D eigenvalue weighted by Crippen LogP contribution is 2.31. The van der Waals surface area contributed by atoms with Crippen molar-refractivity contribution in [3.05, 3.63) is 0 Å². The van der Waals surface area contributed by atoms with Crippen LogP contribution >= 0.6 is 0 Å². The molecule has 1 N–H and O–H groups in total. The van der Waals surface area contributed by atoms with E-state index in [0.29, 0.717) is 18.8 Å². The molecule has 1 rings (SSSR count). The average Bonchev–Trinajstić information content (AvgIpc) is 3.20. The van der Waals surface area contributed by atoms with Crippen LogP contribution in [0, 0.1) is 0 Å². The summed E-state index contributed by atoms with van der Waals surface area (Å²) in [6.45, 7) is 2.62. The van der Waals surface area contributed by atoms with Crippen molar-refractivity contribution < 1.29 is 9.84 Å². The molecule has 20 heavy (non-hydrogen) atoms. The normalized spacial score (nSPS) is 21.3. The van der Waals surface area contributed by atoms with Gasteiger partial charge in [-0.2, -0.15) is 0 Å². The first-order valence-corrected chi connectivity index (χ1v) is 9.14. The number of aliphatic hydroxyl groups excluding tert-OH is 1. The van der Waals surface area contributed by atoms with Crippen LogP contribution in [0.4, 0.5) is 0 Å². The van der Waals surface area contributed by atoms with Crippen LogP contribution in [-0.4, -0.2) is 23.9 Å². The maximum atomic E-state index is 8.71. The standard InChI is InChI=1S/C18H36O2/c1-2-3-4-5-6-7-8-11-14-17-18(20-17)15-12-9-10-13-16-19/h17-19H,2-16H2,1H3. The van der Waals surface area contributed by atoms with E-state index in [9.17, 15) is 0 Å². The summed E-state index contributed by atoms with van der Waals surface area (Å²) in [4.78, 5) is 0. The molecule has 120 valence electrons. The molecular formula is C18H36O2. The van der Waals surface area contributed by atoms with Crippen molar-refractivity contribution in [2.24, 2.45) is 0 Å². The van der Waals surface area contributed by atoms with Gasteiger partial charge in [0.2, 0.25) is 0 Å². The minimum atomic E-state index is 0.348. The number of unbranched alkanes of at least 4 members (excludes halogenated alkanes) is 10. The summed E-state index contributed by atoms with van der Waals surface area (Å²) in [5, 5.41) is 8.71. The number of ether oxygens (including phenoxy) is 1. The van der Waals surface area contributed by atoms with Crippen LogP contribution in [0.3, 0.4) is 0 Å². The Hall–Kier alpha value is -0.0800. The van der Waals surface area contributed by atoms with Gasteiger partial charge in [0, 0.05) is 6.61 Å². The largest absolute Gasteiger partial charge is 0.396 e. The Labute approximate surface area is 126 Å². The Bertz CT molecular complexity index is 206. The minimum absolute atomic E-state index is 0.348. The molecule has 1 heterocycles. The first-order chi connectivity index (χ1) is 9.88. The van der Waals surface area contributed by atoms with Gasteiger partial charge in [0.1, 0.15) is 0 Å². The lowest BCUT2D eigenvalue weighted by molar-refractivity contribution is 0.281. The summed E-state index contributed by atoms with van der Waals surface area (Å²) < 4.78 is 5.73. The molecule has 0 amide bonds. The molecule has 0 aromatic rings. The molecule has 1 fully saturated rings. The molecule has 2 heteroatoms. The quantitative estimate of drug-likeness (QED) is 0.330. The molecular weight excluding hydrogens is 248 g/mol. The molecule has 1 aliphatic heterocycles. The summed E-state index contributed by atoms with van der Waals surface area (Å²) in [5.41, 5.74) is 0. The van der Waals surface area contributed by atoms with Gasteiger partial charge in [-0.25, -0.2) is 0 Å². The fourth-order valence-corrected chi connectivity index (χ4v) is 2.98. The van der Waals surface area contributed by atoms with Crippen molar-refractivity contribution in [3.63, 3.8) is 0 Å². The van der Waals surface area contributed by atoms with Gasteiger partial charge in [-0.1, -0.05) is 77.6 Å². The molecule has 0 bridgehead atoms. The van der Waals surface area contributed by atoms with Crippen molar-refractivity contribution in [2.75, 3.05) is 6.61 Å². The number of aliphatic hydroxyl groups is 1. The molecule has 2 unspecified atom stereocenters. The Kier molecular flexibility index (Phi) is 11.4. The number of epoxide rings is 1. The first-order valence-electron chi connectivity index (χ1n) is 9.14. The van der Waals surface area contributed by atoms with Crippen LogP contribution < -0.4 is 0 Å². The van der Waals surface area contributed by atoms with E-state index in [2.05, 4.69) is 6.92 Å². The van der Waals surface area contributed by atoms with Gasteiger partial charge >= 0.3 is 0 Å². The molecule has 0 aromatic carbocycles. The van der Waals surface area contributed by atoms with Gasteiger partial charge < -0.3 is 9.84 Å². The number of rotatable bonds is 15. The van der Waals surface area contributed by atoms with Crippen LogP contribution in [0.1, 0.15) is 96.8 Å². The summed E-state index contributed by atoms with van der Waals surface area (Å²) in [7, 11) is 0. The van der Waals surface area contributed by atoms with E-state index < -0.39 is 0 Å². The molecule has 0 aliphatic carbocycles. The van der Waals surface area contributed by atoms with Crippen LogP contribution in [0.5, 0.6) is 0 Å². The van der Waals surface area contributed by atoms with E-state index in [4.69, 9.17) is 9.84 Å². The van der Waals surface area contributed by atoms with Crippen LogP contribution in [0.25, 0.3) is 0 Å². The van der Waals surface area contributed by atoms with Crippen molar-refractivity contribution in [3.8, 4) is 0 Å². The first kappa shape index (κ1) is 18.0. The molecule has 2 nitrogen and oxygen atoms in total. The van der Waals surface area contributed by atoms with Crippen LogP contribution in [0.15, 0.2) is 0 Å². The van der Waals surface area contributed by atoms with Crippen molar-refractivity contribution in [1.82, 2.24) is 0 Å². The van der Waals surface area contributed by atoms with E-state index in [-0.39, 0.29) is 0 Å². The van der Waals surface area contributed by atoms with Gasteiger partial charge in [-0.05, 0) is 19.3 Å². The van der Waals surface area contributed by atoms with E-state index in [1.807, 2.05) is 0 Å². The van der Waals surface area contributed by atoms with Crippen molar-refractivity contribution in [2.45, 2.75) is 109 Å². The molecule has 0 saturated carbocycles. The summed E-state index contributed by atoms with van der Waals surface area (Å²) in [5.74, 6) is 0. The predicted molar refractivity (Wildman–Crippen MR) is 86.1 cm³/mol. The molecule has 0 spiro atoms. The Morgan fingerprint density at radius 2 is 1.10 bits per heavy atom. The second kappa shape index (κ2) is 12.6. The third-order valence-electron chi connectivity index (χ3n) is 4.43. The highest BCUT2D eigenvalue weighted by Gasteiger charge is 2.36. The SMILES string of the molecule is CCCCCCCCCCC1OC1CCCCCCO. The highest BCUT2D eigenvalue weighted by atomic mass is 16.6. The molecule has 1 saturated heterocycles. The Morgan fingerprint density at radius 1 is 0.650 bits per heavy atom. The summed E-state index contributed by atoms with van der Waals surface area (Å²) >= 11 is 0. The Morgan fingerprint density at radius 3 is 1.60 bits per heavy atom. The summed E-state index contributed by atoms with van der Waals surface area (Å²) in [6, 6.07) is 0. The fourth-order valence-electron chi connectivity index (χ4n) is 2.98. The minimum Gasteiger partial charge on any atom is -0.396 e. The second-order valence-electron chi connectivity index (χ2n) is 6.40. The van der Waals surface area contributed by atoms with E-state index in [0.717, 1.165) is 6.42 Å². The van der Waals surface area contributed by atoms with Gasteiger partial charge in [-0.15, -0.1) is 0 Å². The van der Waals surface area contributed by atoms with E-state index >= 15 is 0 Å². The van der Waals surface area contributed by atoms with Gasteiger partial charge in [0.25, 0.3) is 0 Å².